The number of amides is 2. The molecule has 0 bridgehead atoms. The van der Waals surface area contributed by atoms with Crippen molar-refractivity contribution in [2.75, 3.05) is 0 Å². The number of hydrogen-bond donors (Lipinski definition) is 2. The van der Waals surface area contributed by atoms with Gasteiger partial charge in [-0.1, -0.05) is 0 Å². The van der Waals surface area contributed by atoms with Crippen LogP contribution >= 0.6 is 0 Å². The highest BCUT2D eigenvalue weighted by Gasteiger charge is 2.10. The lowest BCUT2D eigenvalue weighted by Crippen LogP contribution is -2.25. The summed E-state index contributed by atoms with van der Waals surface area (Å²) in [6, 6.07) is 3.29. The number of pyridine rings is 1. The van der Waals surface area contributed by atoms with Crippen molar-refractivity contribution in [3.05, 3.63) is 52.9 Å². The minimum absolute atomic E-state index is 0.142. The molecule has 120 valence electrons. The number of nitrogens with zero attached hydrogens (tertiary/aromatic N) is 3. The third-order valence-electron chi connectivity index (χ3n) is 3.40. The van der Waals surface area contributed by atoms with Gasteiger partial charge in [0, 0.05) is 42.2 Å². The monoisotopic (exact) mass is 313 g/mol. The van der Waals surface area contributed by atoms with Gasteiger partial charge in [0.1, 0.15) is 6.33 Å². The Morgan fingerprint density at radius 2 is 1.74 bits per heavy atom. The highest BCUT2D eigenvalue weighted by atomic mass is 16.2. The van der Waals surface area contributed by atoms with Crippen LogP contribution in [0.4, 0.5) is 0 Å². The molecule has 0 radical (unpaired) electrons. The van der Waals surface area contributed by atoms with Crippen molar-refractivity contribution in [2.24, 2.45) is 0 Å². The quantitative estimate of drug-likeness (QED) is 0.860. The van der Waals surface area contributed by atoms with Crippen LogP contribution < -0.4 is 10.6 Å². The molecule has 7 heteroatoms. The molecule has 2 heterocycles. The van der Waals surface area contributed by atoms with Crippen molar-refractivity contribution in [3.63, 3.8) is 0 Å². The molecule has 2 aromatic rings. The zero-order valence-corrected chi connectivity index (χ0v) is 13.4. The van der Waals surface area contributed by atoms with Crippen molar-refractivity contribution < 1.29 is 9.59 Å². The van der Waals surface area contributed by atoms with Crippen molar-refractivity contribution >= 4 is 11.8 Å². The zero-order valence-electron chi connectivity index (χ0n) is 13.4. The standard InChI is InChI=1S/C16H19N5O2/c1-10-15(11(2)21-9-20-10)8-19-16(23)13-4-5-17-14(6-13)7-18-12(3)22/h4-6,9H,7-8H2,1-3H3,(H,18,22)(H,19,23). The van der Waals surface area contributed by atoms with Crippen LogP contribution in [-0.2, 0) is 17.9 Å². The Hall–Kier alpha value is -2.83. The van der Waals surface area contributed by atoms with Crippen LogP contribution in [0.25, 0.3) is 0 Å². The minimum Gasteiger partial charge on any atom is -0.351 e. The SMILES string of the molecule is CC(=O)NCc1cc(C(=O)NCc2c(C)ncnc2C)ccn1. The summed E-state index contributed by atoms with van der Waals surface area (Å²) in [5, 5.41) is 5.51. The summed E-state index contributed by atoms with van der Waals surface area (Å²) in [6.07, 6.45) is 3.06. The van der Waals surface area contributed by atoms with E-state index in [4.69, 9.17) is 0 Å². The Kier molecular flexibility index (Phi) is 5.35. The van der Waals surface area contributed by atoms with Gasteiger partial charge >= 0.3 is 0 Å². The normalized spacial score (nSPS) is 10.2. The average Bonchev–Trinajstić information content (AvgIpc) is 2.52. The lowest BCUT2D eigenvalue weighted by atomic mass is 10.1. The Labute approximate surface area is 134 Å². The largest absolute Gasteiger partial charge is 0.351 e. The van der Waals surface area contributed by atoms with E-state index >= 15 is 0 Å². The third-order valence-corrected chi connectivity index (χ3v) is 3.40. The second-order valence-electron chi connectivity index (χ2n) is 5.15. The van der Waals surface area contributed by atoms with E-state index in [0.717, 1.165) is 17.0 Å². The number of rotatable bonds is 5. The van der Waals surface area contributed by atoms with E-state index < -0.39 is 0 Å². The first kappa shape index (κ1) is 16.5. The summed E-state index contributed by atoms with van der Waals surface area (Å²) in [7, 11) is 0. The molecule has 0 saturated heterocycles. The molecule has 0 aliphatic rings. The highest BCUT2D eigenvalue weighted by molar-refractivity contribution is 5.94. The summed E-state index contributed by atoms with van der Waals surface area (Å²) in [6.45, 7) is 5.85. The van der Waals surface area contributed by atoms with Crippen LogP contribution in [0.15, 0.2) is 24.7 Å². The molecule has 0 saturated carbocycles. The van der Waals surface area contributed by atoms with Gasteiger partial charge in [-0.25, -0.2) is 9.97 Å². The summed E-state index contributed by atoms with van der Waals surface area (Å²) in [5.41, 5.74) is 3.72. The first-order valence-electron chi connectivity index (χ1n) is 7.22. The zero-order chi connectivity index (χ0) is 16.8. The minimum atomic E-state index is -0.209. The number of carbonyl (C=O) groups excluding carboxylic acids is 2. The fourth-order valence-corrected chi connectivity index (χ4v) is 2.08. The van der Waals surface area contributed by atoms with E-state index in [1.807, 2.05) is 13.8 Å². The summed E-state index contributed by atoms with van der Waals surface area (Å²) < 4.78 is 0. The molecule has 0 atom stereocenters. The van der Waals surface area contributed by atoms with E-state index in [9.17, 15) is 9.59 Å². The second-order valence-corrected chi connectivity index (χ2v) is 5.15. The molecule has 2 N–H and O–H groups in total. The molecular weight excluding hydrogens is 294 g/mol. The van der Waals surface area contributed by atoms with E-state index in [0.29, 0.717) is 24.3 Å². The summed E-state index contributed by atoms with van der Waals surface area (Å²) in [4.78, 5) is 35.6. The van der Waals surface area contributed by atoms with Crippen LogP contribution in [0.3, 0.4) is 0 Å². The Morgan fingerprint density at radius 3 is 2.39 bits per heavy atom. The molecule has 0 fully saturated rings. The maximum Gasteiger partial charge on any atom is 0.251 e. The van der Waals surface area contributed by atoms with Crippen molar-refractivity contribution in [1.29, 1.82) is 0 Å². The topological polar surface area (TPSA) is 96.9 Å². The molecule has 7 nitrogen and oxygen atoms in total. The van der Waals surface area contributed by atoms with Gasteiger partial charge < -0.3 is 10.6 Å². The molecule has 2 rings (SSSR count). The van der Waals surface area contributed by atoms with Gasteiger partial charge in [0.2, 0.25) is 5.91 Å². The fourth-order valence-electron chi connectivity index (χ4n) is 2.08. The molecule has 0 aliphatic carbocycles. The maximum absolute atomic E-state index is 12.3. The van der Waals surface area contributed by atoms with Gasteiger partial charge in [0.15, 0.2) is 0 Å². The van der Waals surface area contributed by atoms with E-state index in [-0.39, 0.29) is 11.8 Å². The molecule has 0 spiro atoms. The Balaban J connectivity index is 2.03. The summed E-state index contributed by atoms with van der Waals surface area (Å²) >= 11 is 0. The van der Waals surface area contributed by atoms with Crippen LogP contribution in [0.1, 0.15) is 39.9 Å². The average molecular weight is 313 g/mol. The van der Waals surface area contributed by atoms with Gasteiger partial charge in [-0.3, -0.25) is 14.6 Å². The smallest absolute Gasteiger partial charge is 0.251 e. The van der Waals surface area contributed by atoms with Gasteiger partial charge in [0.25, 0.3) is 5.91 Å². The van der Waals surface area contributed by atoms with Crippen LogP contribution in [0.5, 0.6) is 0 Å². The van der Waals surface area contributed by atoms with Gasteiger partial charge in [0.05, 0.1) is 12.2 Å². The van der Waals surface area contributed by atoms with Crippen molar-refractivity contribution in [1.82, 2.24) is 25.6 Å². The van der Waals surface area contributed by atoms with Crippen LogP contribution in [-0.4, -0.2) is 26.8 Å². The van der Waals surface area contributed by atoms with Gasteiger partial charge in [-0.05, 0) is 26.0 Å². The van der Waals surface area contributed by atoms with E-state index in [1.54, 1.807) is 18.3 Å². The molecular formula is C16H19N5O2. The first-order valence-corrected chi connectivity index (χ1v) is 7.22. The lowest BCUT2D eigenvalue weighted by Gasteiger charge is -2.10. The molecule has 0 unspecified atom stereocenters. The number of aromatic nitrogens is 3. The predicted molar refractivity (Wildman–Crippen MR) is 84.4 cm³/mol. The molecule has 2 amide bonds. The highest BCUT2D eigenvalue weighted by Crippen LogP contribution is 2.08. The summed E-state index contributed by atoms with van der Waals surface area (Å²) in [5.74, 6) is -0.351. The molecule has 2 aromatic heterocycles. The number of aryl methyl sites for hydroxylation is 2. The Morgan fingerprint density at radius 1 is 1.04 bits per heavy atom. The Bertz CT molecular complexity index is 710. The van der Waals surface area contributed by atoms with E-state index in [1.165, 1.54) is 13.3 Å². The number of carbonyl (C=O) groups is 2. The van der Waals surface area contributed by atoms with E-state index in [2.05, 4.69) is 25.6 Å². The lowest BCUT2D eigenvalue weighted by molar-refractivity contribution is -0.119. The number of nitrogens with one attached hydrogen (secondary N) is 2. The maximum atomic E-state index is 12.3. The number of hydrogen-bond acceptors (Lipinski definition) is 5. The molecule has 23 heavy (non-hydrogen) atoms. The van der Waals surface area contributed by atoms with Gasteiger partial charge in [-0.2, -0.15) is 0 Å². The third kappa shape index (κ3) is 4.57. The van der Waals surface area contributed by atoms with Crippen molar-refractivity contribution in [2.45, 2.75) is 33.9 Å². The van der Waals surface area contributed by atoms with Crippen molar-refractivity contribution in [3.8, 4) is 0 Å². The first-order chi connectivity index (χ1) is 11.0. The molecule has 0 aliphatic heterocycles. The fraction of sp³-hybridized carbons (Fsp3) is 0.312. The molecule has 0 aromatic carbocycles. The van der Waals surface area contributed by atoms with Gasteiger partial charge in [-0.15, -0.1) is 0 Å². The van der Waals surface area contributed by atoms with Crippen LogP contribution in [0.2, 0.25) is 0 Å². The second kappa shape index (κ2) is 7.44. The van der Waals surface area contributed by atoms with Crippen LogP contribution in [0, 0.1) is 13.8 Å². The predicted octanol–water partition coefficient (Wildman–Crippen LogP) is 1.05.